The molecule has 0 saturated heterocycles. The molecule has 3 aromatic rings. The molecule has 0 aliphatic carbocycles. The third kappa shape index (κ3) is 3.52. The fraction of sp³-hybridized carbons (Fsp3) is 0.318. The van der Waals surface area contributed by atoms with Gasteiger partial charge < -0.3 is 9.47 Å². The third-order valence-electron chi connectivity index (χ3n) is 4.45. The van der Waals surface area contributed by atoms with Gasteiger partial charge in [-0.25, -0.2) is 4.98 Å². The molecule has 3 heteroatoms. The summed E-state index contributed by atoms with van der Waals surface area (Å²) in [6, 6.07) is 16.7. The third-order valence-corrected chi connectivity index (χ3v) is 4.45. The van der Waals surface area contributed by atoms with Crippen molar-refractivity contribution in [2.75, 3.05) is 14.2 Å². The smallest absolute Gasteiger partial charge is 0.128 e. The van der Waals surface area contributed by atoms with Crippen molar-refractivity contribution in [3.8, 4) is 17.0 Å². The predicted molar refractivity (Wildman–Crippen MR) is 103 cm³/mol. The maximum Gasteiger partial charge on any atom is 0.128 e. The number of nitrogens with zero attached hydrogens (tertiary/aromatic N) is 1. The SMILES string of the molecule is COCc1cccc2ccc(-c3cc(C(C)(C)C)ccc3OC)nc12. The highest BCUT2D eigenvalue weighted by atomic mass is 16.5. The van der Waals surface area contributed by atoms with Crippen LogP contribution >= 0.6 is 0 Å². The molecule has 1 heterocycles. The number of benzene rings is 2. The summed E-state index contributed by atoms with van der Waals surface area (Å²) in [6.45, 7) is 7.18. The Morgan fingerprint density at radius 2 is 1.76 bits per heavy atom. The number of hydrogen-bond donors (Lipinski definition) is 0. The van der Waals surface area contributed by atoms with Gasteiger partial charge in [0.2, 0.25) is 0 Å². The van der Waals surface area contributed by atoms with Gasteiger partial charge in [0.1, 0.15) is 5.75 Å². The number of hydrogen-bond acceptors (Lipinski definition) is 3. The second kappa shape index (κ2) is 6.85. The van der Waals surface area contributed by atoms with Gasteiger partial charge in [0.05, 0.1) is 24.9 Å². The lowest BCUT2D eigenvalue weighted by Crippen LogP contribution is -2.11. The Morgan fingerprint density at radius 1 is 0.960 bits per heavy atom. The molecular formula is C22H25NO2. The number of ether oxygens (including phenoxy) is 2. The van der Waals surface area contributed by atoms with E-state index >= 15 is 0 Å². The van der Waals surface area contributed by atoms with Crippen molar-refractivity contribution in [2.24, 2.45) is 0 Å². The minimum atomic E-state index is 0.0685. The molecule has 0 aliphatic rings. The van der Waals surface area contributed by atoms with Crippen LogP contribution in [0.25, 0.3) is 22.2 Å². The first-order valence-corrected chi connectivity index (χ1v) is 8.50. The Bertz CT molecular complexity index is 894. The van der Waals surface area contributed by atoms with Crippen molar-refractivity contribution >= 4 is 10.9 Å². The van der Waals surface area contributed by atoms with Crippen molar-refractivity contribution in [1.29, 1.82) is 0 Å². The maximum atomic E-state index is 5.59. The molecule has 25 heavy (non-hydrogen) atoms. The van der Waals surface area contributed by atoms with Crippen molar-refractivity contribution in [3.05, 3.63) is 59.7 Å². The molecule has 0 saturated carbocycles. The minimum Gasteiger partial charge on any atom is -0.496 e. The summed E-state index contributed by atoms with van der Waals surface area (Å²) in [6.07, 6.45) is 0. The zero-order valence-corrected chi connectivity index (χ0v) is 15.6. The average molecular weight is 335 g/mol. The molecule has 0 bridgehead atoms. The minimum absolute atomic E-state index is 0.0685. The van der Waals surface area contributed by atoms with Gasteiger partial charge in [0.25, 0.3) is 0 Å². The Kier molecular flexibility index (Phi) is 4.78. The second-order valence-corrected chi connectivity index (χ2v) is 7.28. The van der Waals surface area contributed by atoms with E-state index in [4.69, 9.17) is 14.5 Å². The van der Waals surface area contributed by atoms with E-state index in [-0.39, 0.29) is 5.41 Å². The summed E-state index contributed by atoms with van der Waals surface area (Å²) in [5.74, 6) is 0.837. The molecule has 0 radical (unpaired) electrons. The van der Waals surface area contributed by atoms with E-state index in [0.29, 0.717) is 6.61 Å². The molecule has 3 rings (SSSR count). The highest BCUT2D eigenvalue weighted by Crippen LogP contribution is 2.35. The van der Waals surface area contributed by atoms with Gasteiger partial charge in [-0.15, -0.1) is 0 Å². The van der Waals surface area contributed by atoms with E-state index in [9.17, 15) is 0 Å². The highest BCUT2D eigenvalue weighted by molar-refractivity contribution is 5.85. The predicted octanol–water partition coefficient (Wildman–Crippen LogP) is 5.35. The van der Waals surface area contributed by atoms with Gasteiger partial charge in [-0.3, -0.25) is 0 Å². The van der Waals surface area contributed by atoms with Crippen LogP contribution in [0.3, 0.4) is 0 Å². The van der Waals surface area contributed by atoms with Crippen LogP contribution in [0.4, 0.5) is 0 Å². The van der Waals surface area contributed by atoms with Crippen LogP contribution in [0.1, 0.15) is 31.9 Å². The molecule has 1 aromatic heterocycles. The maximum absolute atomic E-state index is 5.59. The lowest BCUT2D eigenvalue weighted by atomic mass is 9.85. The number of rotatable bonds is 4. The number of methoxy groups -OCH3 is 2. The van der Waals surface area contributed by atoms with E-state index in [1.165, 1.54) is 5.56 Å². The standard InChI is InChI=1S/C22H25NO2/c1-22(2,3)17-10-12-20(25-5)18(13-17)19-11-9-15-7-6-8-16(14-24-4)21(15)23-19/h6-13H,14H2,1-5H3. The normalized spacial score (nSPS) is 11.7. The van der Waals surface area contributed by atoms with E-state index in [0.717, 1.165) is 33.5 Å². The molecule has 0 aliphatic heterocycles. The summed E-state index contributed by atoms with van der Waals surface area (Å²) in [5, 5.41) is 1.12. The molecular weight excluding hydrogens is 310 g/mol. The first kappa shape index (κ1) is 17.4. The van der Waals surface area contributed by atoms with E-state index < -0.39 is 0 Å². The summed E-state index contributed by atoms with van der Waals surface area (Å²) in [7, 11) is 3.41. The lowest BCUT2D eigenvalue weighted by Gasteiger charge is -2.21. The topological polar surface area (TPSA) is 31.4 Å². The average Bonchev–Trinajstić information content (AvgIpc) is 2.60. The number of fused-ring (bicyclic) bond motifs is 1. The van der Waals surface area contributed by atoms with Crippen LogP contribution in [-0.2, 0) is 16.8 Å². The highest BCUT2D eigenvalue weighted by Gasteiger charge is 2.17. The van der Waals surface area contributed by atoms with Crippen LogP contribution in [-0.4, -0.2) is 19.2 Å². The van der Waals surface area contributed by atoms with E-state index in [1.807, 2.05) is 12.1 Å². The zero-order valence-electron chi connectivity index (χ0n) is 15.6. The quantitative estimate of drug-likeness (QED) is 0.643. The Balaban J connectivity index is 2.20. The molecule has 2 aromatic carbocycles. The summed E-state index contributed by atoms with van der Waals surface area (Å²) in [5.41, 5.74) is 5.33. The van der Waals surface area contributed by atoms with Crippen LogP contribution in [0.5, 0.6) is 5.75 Å². The first-order chi connectivity index (χ1) is 11.9. The van der Waals surface area contributed by atoms with E-state index in [1.54, 1.807) is 14.2 Å². The van der Waals surface area contributed by atoms with Crippen molar-refractivity contribution in [3.63, 3.8) is 0 Å². The van der Waals surface area contributed by atoms with Crippen molar-refractivity contribution in [2.45, 2.75) is 32.8 Å². The van der Waals surface area contributed by atoms with Crippen molar-refractivity contribution in [1.82, 2.24) is 4.98 Å². The van der Waals surface area contributed by atoms with Gasteiger partial charge in [0.15, 0.2) is 0 Å². The molecule has 0 spiro atoms. The van der Waals surface area contributed by atoms with Crippen LogP contribution < -0.4 is 4.74 Å². The van der Waals surface area contributed by atoms with Gasteiger partial charge >= 0.3 is 0 Å². The van der Waals surface area contributed by atoms with Crippen LogP contribution in [0.2, 0.25) is 0 Å². The van der Waals surface area contributed by atoms with Gasteiger partial charge in [-0.2, -0.15) is 0 Å². The summed E-state index contributed by atoms with van der Waals surface area (Å²) >= 11 is 0. The van der Waals surface area contributed by atoms with Crippen molar-refractivity contribution < 1.29 is 9.47 Å². The lowest BCUT2D eigenvalue weighted by molar-refractivity contribution is 0.186. The number of para-hydroxylation sites is 1. The second-order valence-electron chi connectivity index (χ2n) is 7.28. The molecule has 0 unspecified atom stereocenters. The molecule has 0 N–H and O–H groups in total. The van der Waals surface area contributed by atoms with Crippen LogP contribution in [0.15, 0.2) is 48.5 Å². The molecule has 0 fully saturated rings. The first-order valence-electron chi connectivity index (χ1n) is 8.50. The monoisotopic (exact) mass is 335 g/mol. The Labute approximate surface area is 149 Å². The Morgan fingerprint density at radius 3 is 2.44 bits per heavy atom. The van der Waals surface area contributed by atoms with Crippen LogP contribution in [0, 0.1) is 0 Å². The fourth-order valence-corrected chi connectivity index (χ4v) is 3.01. The number of pyridine rings is 1. The fourth-order valence-electron chi connectivity index (χ4n) is 3.01. The summed E-state index contributed by atoms with van der Waals surface area (Å²) in [4.78, 5) is 4.94. The van der Waals surface area contributed by atoms with E-state index in [2.05, 4.69) is 57.2 Å². The number of aromatic nitrogens is 1. The molecule has 0 atom stereocenters. The molecule has 3 nitrogen and oxygen atoms in total. The summed E-state index contributed by atoms with van der Waals surface area (Å²) < 4.78 is 10.9. The Hall–Kier alpha value is -2.39. The molecule has 130 valence electrons. The zero-order chi connectivity index (χ0) is 18.0. The largest absolute Gasteiger partial charge is 0.496 e. The van der Waals surface area contributed by atoms with Gasteiger partial charge in [-0.1, -0.05) is 51.1 Å². The molecule has 0 amide bonds. The van der Waals surface area contributed by atoms with Gasteiger partial charge in [0, 0.05) is 23.6 Å². The van der Waals surface area contributed by atoms with Gasteiger partial charge in [-0.05, 0) is 29.2 Å².